The molecule has 0 aromatic carbocycles. The van der Waals surface area contributed by atoms with Gasteiger partial charge in [-0.3, -0.25) is 9.48 Å². The van der Waals surface area contributed by atoms with E-state index in [1.165, 1.54) is 10.7 Å². The van der Waals surface area contributed by atoms with Gasteiger partial charge in [-0.25, -0.2) is 0 Å². The SMILES string of the molecule is CCc1cc(CC(=O)C(F)(F)C(F)(F)F)n(CC)n1. The molecule has 8 heteroatoms. The van der Waals surface area contributed by atoms with Crippen LogP contribution < -0.4 is 0 Å². The van der Waals surface area contributed by atoms with E-state index in [1.54, 1.807) is 13.8 Å². The number of Topliss-reactive ketones (excluding diaryl/α,β-unsaturated/α-hetero) is 1. The van der Waals surface area contributed by atoms with Crippen LogP contribution in [-0.4, -0.2) is 27.7 Å². The maximum atomic E-state index is 12.8. The van der Waals surface area contributed by atoms with E-state index in [4.69, 9.17) is 0 Å². The summed E-state index contributed by atoms with van der Waals surface area (Å²) < 4.78 is 63.1. The fourth-order valence-corrected chi connectivity index (χ4v) is 1.54. The molecule has 1 rings (SSSR count). The van der Waals surface area contributed by atoms with Gasteiger partial charge in [-0.2, -0.15) is 27.1 Å². The predicted octanol–water partition coefficient (Wildman–Crippen LogP) is 2.77. The van der Waals surface area contributed by atoms with E-state index in [-0.39, 0.29) is 5.69 Å². The zero-order valence-corrected chi connectivity index (χ0v) is 10.4. The minimum absolute atomic E-state index is 0.0632. The maximum Gasteiger partial charge on any atom is 0.461 e. The first kappa shape index (κ1) is 15.6. The first-order chi connectivity index (χ1) is 8.63. The Balaban J connectivity index is 2.97. The van der Waals surface area contributed by atoms with Crippen LogP contribution in [0.3, 0.4) is 0 Å². The molecular weight excluding hydrogens is 271 g/mol. The average molecular weight is 284 g/mol. The third kappa shape index (κ3) is 3.10. The number of hydrogen-bond acceptors (Lipinski definition) is 2. The zero-order chi connectivity index (χ0) is 14.8. The van der Waals surface area contributed by atoms with Crippen molar-refractivity contribution in [2.75, 3.05) is 0 Å². The summed E-state index contributed by atoms with van der Waals surface area (Å²) in [5.41, 5.74) is 0.605. The van der Waals surface area contributed by atoms with Crippen molar-refractivity contribution in [2.24, 2.45) is 0 Å². The van der Waals surface area contributed by atoms with Crippen molar-refractivity contribution in [1.29, 1.82) is 0 Å². The number of ketones is 1. The van der Waals surface area contributed by atoms with Crippen molar-refractivity contribution >= 4 is 5.78 Å². The molecule has 0 spiro atoms. The van der Waals surface area contributed by atoms with Gasteiger partial charge in [0.1, 0.15) is 0 Å². The number of carbonyl (C=O) groups is 1. The fourth-order valence-electron chi connectivity index (χ4n) is 1.54. The smallest absolute Gasteiger partial charge is 0.292 e. The normalized spacial score (nSPS) is 12.8. The fraction of sp³-hybridized carbons (Fsp3) is 0.636. The highest BCUT2D eigenvalue weighted by atomic mass is 19.4. The van der Waals surface area contributed by atoms with Gasteiger partial charge in [0.25, 0.3) is 0 Å². The quantitative estimate of drug-likeness (QED) is 0.779. The first-order valence-corrected chi connectivity index (χ1v) is 5.66. The lowest BCUT2D eigenvalue weighted by Crippen LogP contribution is -2.45. The number of hydrogen-bond donors (Lipinski definition) is 0. The van der Waals surface area contributed by atoms with Crippen LogP contribution in [0.25, 0.3) is 0 Å². The number of rotatable bonds is 5. The molecule has 0 fully saturated rings. The van der Waals surface area contributed by atoms with Crippen molar-refractivity contribution in [3.05, 3.63) is 17.5 Å². The van der Waals surface area contributed by atoms with Crippen LogP contribution in [0.1, 0.15) is 25.2 Å². The molecule has 0 aliphatic heterocycles. The molecule has 0 N–H and O–H groups in total. The summed E-state index contributed by atoms with van der Waals surface area (Å²) in [6.45, 7) is 3.71. The standard InChI is InChI=1S/C11H13F5N2O/c1-3-7-5-8(18(4-2)17-7)6-9(19)10(12,13)11(14,15)16/h5H,3-4,6H2,1-2H3. The minimum atomic E-state index is -5.87. The molecule has 0 atom stereocenters. The summed E-state index contributed by atoms with van der Waals surface area (Å²) in [7, 11) is 0. The topological polar surface area (TPSA) is 34.9 Å². The van der Waals surface area contributed by atoms with Crippen LogP contribution in [0.4, 0.5) is 22.0 Å². The Morgan fingerprint density at radius 1 is 1.26 bits per heavy atom. The Morgan fingerprint density at radius 3 is 2.26 bits per heavy atom. The van der Waals surface area contributed by atoms with Crippen molar-refractivity contribution in [2.45, 2.75) is 45.3 Å². The van der Waals surface area contributed by atoms with Crippen molar-refractivity contribution in [3.8, 4) is 0 Å². The van der Waals surface area contributed by atoms with Crippen LogP contribution in [-0.2, 0) is 24.2 Å². The summed E-state index contributed by atoms with van der Waals surface area (Å²) in [5.74, 6) is -7.50. The molecule has 1 aromatic rings. The number of alkyl halides is 5. The van der Waals surface area contributed by atoms with Crippen molar-refractivity contribution in [1.82, 2.24) is 9.78 Å². The Bertz CT molecular complexity index is 464. The van der Waals surface area contributed by atoms with Gasteiger partial charge in [0.05, 0.1) is 12.1 Å². The zero-order valence-electron chi connectivity index (χ0n) is 10.4. The van der Waals surface area contributed by atoms with E-state index < -0.39 is 24.3 Å². The van der Waals surface area contributed by atoms with Gasteiger partial charge >= 0.3 is 12.1 Å². The number of aromatic nitrogens is 2. The highest BCUT2D eigenvalue weighted by Gasteiger charge is 2.62. The number of aryl methyl sites for hydroxylation is 2. The van der Waals surface area contributed by atoms with Crippen molar-refractivity contribution in [3.63, 3.8) is 0 Å². The van der Waals surface area contributed by atoms with E-state index >= 15 is 0 Å². The van der Waals surface area contributed by atoms with E-state index in [2.05, 4.69) is 5.10 Å². The number of carbonyl (C=O) groups excluding carboxylic acids is 1. The van der Waals surface area contributed by atoms with Gasteiger partial charge < -0.3 is 0 Å². The summed E-state index contributed by atoms with van der Waals surface area (Å²) in [6, 6.07) is 1.37. The van der Waals surface area contributed by atoms with Gasteiger partial charge in [0.2, 0.25) is 5.78 Å². The van der Waals surface area contributed by atoms with Gasteiger partial charge in [-0.1, -0.05) is 6.92 Å². The molecule has 0 saturated carbocycles. The van der Waals surface area contributed by atoms with Gasteiger partial charge in [0, 0.05) is 12.2 Å². The summed E-state index contributed by atoms with van der Waals surface area (Å²) in [4.78, 5) is 11.1. The number of nitrogens with zero attached hydrogens (tertiary/aromatic N) is 2. The molecule has 3 nitrogen and oxygen atoms in total. The lowest BCUT2D eigenvalue weighted by molar-refractivity contribution is -0.268. The Labute approximate surface area is 106 Å². The Hall–Kier alpha value is -1.47. The Morgan fingerprint density at radius 2 is 1.84 bits per heavy atom. The Kier molecular flexibility index (Phi) is 4.32. The summed E-state index contributed by atoms with van der Waals surface area (Å²) in [5, 5.41) is 3.98. The third-order valence-electron chi connectivity index (χ3n) is 2.62. The molecule has 0 unspecified atom stereocenters. The number of halogens is 5. The molecule has 108 valence electrons. The molecule has 19 heavy (non-hydrogen) atoms. The maximum absolute atomic E-state index is 12.8. The monoisotopic (exact) mass is 284 g/mol. The molecule has 0 radical (unpaired) electrons. The van der Waals surface area contributed by atoms with E-state index in [0.717, 1.165) is 0 Å². The van der Waals surface area contributed by atoms with Crippen LogP contribution >= 0.6 is 0 Å². The highest BCUT2D eigenvalue weighted by Crippen LogP contribution is 2.36. The average Bonchev–Trinajstić information content (AvgIpc) is 2.69. The lowest BCUT2D eigenvalue weighted by Gasteiger charge is -2.18. The van der Waals surface area contributed by atoms with Gasteiger partial charge in [0.15, 0.2) is 0 Å². The second-order valence-corrected chi connectivity index (χ2v) is 3.97. The van der Waals surface area contributed by atoms with Crippen molar-refractivity contribution < 1.29 is 26.7 Å². The third-order valence-corrected chi connectivity index (χ3v) is 2.62. The predicted molar refractivity (Wildman–Crippen MR) is 57.0 cm³/mol. The molecule has 0 bridgehead atoms. The van der Waals surface area contributed by atoms with Crippen LogP contribution in [0, 0.1) is 0 Å². The van der Waals surface area contributed by atoms with E-state index in [0.29, 0.717) is 18.7 Å². The van der Waals surface area contributed by atoms with Gasteiger partial charge in [-0.15, -0.1) is 0 Å². The molecule has 0 saturated heterocycles. The van der Waals surface area contributed by atoms with Crippen LogP contribution in [0.2, 0.25) is 0 Å². The molecule has 1 aromatic heterocycles. The molecule has 1 heterocycles. The highest BCUT2D eigenvalue weighted by molar-refractivity contribution is 5.88. The summed E-state index contributed by atoms with van der Waals surface area (Å²) >= 11 is 0. The first-order valence-electron chi connectivity index (χ1n) is 5.66. The molecule has 0 aliphatic carbocycles. The van der Waals surface area contributed by atoms with E-state index in [1.807, 2.05) is 0 Å². The minimum Gasteiger partial charge on any atom is -0.292 e. The second kappa shape index (κ2) is 5.26. The second-order valence-electron chi connectivity index (χ2n) is 3.97. The molecule has 0 aliphatic rings. The lowest BCUT2D eigenvalue weighted by atomic mass is 10.1. The van der Waals surface area contributed by atoms with E-state index in [9.17, 15) is 26.7 Å². The molecular formula is C11H13F5N2O. The molecule has 0 amide bonds. The summed E-state index contributed by atoms with van der Waals surface area (Å²) in [6.07, 6.45) is -6.36. The largest absolute Gasteiger partial charge is 0.461 e. The van der Waals surface area contributed by atoms with Crippen LogP contribution in [0.5, 0.6) is 0 Å². The van der Waals surface area contributed by atoms with Gasteiger partial charge in [-0.05, 0) is 19.4 Å². The van der Waals surface area contributed by atoms with Crippen LogP contribution in [0.15, 0.2) is 6.07 Å².